The first-order valence-electron chi connectivity index (χ1n) is 4.89. The Morgan fingerprint density at radius 3 is 2.86 bits per heavy atom. The quantitative estimate of drug-likeness (QED) is 0.723. The number of pyridine rings is 1. The highest BCUT2D eigenvalue weighted by Gasteiger charge is 1.99. The van der Waals surface area contributed by atoms with Crippen molar-refractivity contribution < 1.29 is 0 Å². The van der Waals surface area contributed by atoms with Crippen molar-refractivity contribution in [2.45, 2.75) is 12.8 Å². The third kappa shape index (κ3) is 1.75. The minimum Gasteiger partial charge on any atom is -0.258 e. The molecule has 2 heteroatoms. The molecule has 0 aliphatic heterocycles. The lowest BCUT2D eigenvalue weighted by molar-refractivity contribution is 0.820. The van der Waals surface area contributed by atoms with Gasteiger partial charge in [0.1, 0.15) is 0 Å². The third-order valence-electron chi connectivity index (χ3n) is 2.36. The summed E-state index contributed by atoms with van der Waals surface area (Å²) in [5.41, 5.74) is 9.50. The van der Waals surface area contributed by atoms with Crippen LogP contribution in [0.15, 0.2) is 36.5 Å². The third-order valence-corrected chi connectivity index (χ3v) is 2.36. The number of para-hydroxylation sites is 1. The molecule has 1 aromatic carbocycles. The predicted octanol–water partition coefficient (Wildman–Crippen LogP) is 2.45. The number of fused-ring (bicyclic) bond motifs is 1. The van der Waals surface area contributed by atoms with Crippen molar-refractivity contribution in [2.75, 3.05) is 6.54 Å². The van der Waals surface area contributed by atoms with Crippen LogP contribution in [0, 0.1) is 0 Å². The highest BCUT2D eigenvalue weighted by atomic mass is 14.6. The summed E-state index contributed by atoms with van der Waals surface area (Å²) >= 11 is 0. The van der Waals surface area contributed by atoms with Crippen molar-refractivity contribution in [1.29, 1.82) is 0 Å². The lowest BCUT2D eigenvalue weighted by Gasteiger charge is -2.04. The Balaban J connectivity index is 2.43. The maximum Gasteiger partial charge on any atom is 0.0704 e. The number of nitrogens with one attached hydrogen (secondary N) is 1. The van der Waals surface area contributed by atoms with Gasteiger partial charge in [-0.3, -0.25) is 10.7 Å². The first-order valence-corrected chi connectivity index (χ1v) is 4.89. The van der Waals surface area contributed by atoms with Gasteiger partial charge in [0.15, 0.2) is 0 Å². The zero-order valence-corrected chi connectivity index (χ0v) is 8.03. The van der Waals surface area contributed by atoms with Gasteiger partial charge in [0.05, 0.1) is 5.52 Å². The van der Waals surface area contributed by atoms with Crippen LogP contribution in [-0.2, 0) is 6.42 Å². The molecule has 2 nitrogen and oxygen atoms in total. The average Bonchev–Trinajstić information content (AvgIpc) is 2.26. The van der Waals surface area contributed by atoms with Crippen LogP contribution in [-0.4, -0.2) is 11.5 Å². The van der Waals surface area contributed by atoms with Gasteiger partial charge >= 0.3 is 0 Å². The lowest BCUT2D eigenvalue weighted by atomic mass is 10.1. The summed E-state index contributed by atoms with van der Waals surface area (Å²) in [5, 5.41) is 1.23. The smallest absolute Gasteiger partial charge is 0.0704 e. The molecule has 71 valence electrons. The van der Waals surface area contributed by atoms with Crippen LogP contribution in [0.2, 0.25) is 0 Å². The van der Waals surface area contributed by atoms with E-state index in [1.165, 1.54) is 10.9 Å². The molecule has 1 heterocycles. The number of aromatic nitrogens is 1. The standard InChI is InChI=1S/C12H13N2/c13-8-3-4-10-7-9-14-12-6-2-1-5-11(10)12/h1-2,5-7,9,13H,3-4,8H2. The summed E-state index contributed by atoms with van der Waals surface area (Å²) in [7, 11) is 0. The van der Waals surface area contributed by atoms with Crippen LogP contribution in [0.25, 0.3) is 10.9 Å². The van der Waals surface area contributed by atoms with Crippen molar-refractivity contribution >= 4 is 10.9 Å². The molecule has 1 N–H and O–H groups in total. The summed E-state index contributed by atoms with van der Waals surface area (Å²) in [6.45, 7) is 0.497. The van der Waals surface area contributed by atoms with Gasteiger partial charge in [0.2, 0.25) is 0 Å². The number of rotatable bonds is 3. The van der Waals surface area contributed by atoms with E-state index in [0.717, 1.165) is 18.4 Å². The second kappa shape index (κ2) is 4.20. The summed E-state index contributed by atoms with van der Waals surface area (Å²) < 4.78 is 0. The molecule has 0 saturated carbocycles. The number of aryl methyl sites for hydroxylation is 1. The van der Waals surface area contributed by atoms with E-state index in [1.807, 2.05) is 24.4 Å². The molecule has 0 amide bonds. The highest BCUT2D eigenvalue weighted by molar-refractivity contribution is 5.81. The van der Waals surface area contributed by atoms with E-state index in [0.29, 0.717) is 6.54 Å². The molecule has 0 atom stereocenters. The van der Waals surface area contributed by atoms with E-state index in [-0.39, 0.29) is 0 Å². The Kier molecular flexibility index (Phi) is 2.75. The first kappa shape index (κ1) is 9.16. The zero-order chi connectivity index (χ0) is 9.80. The van der Waals surface area contributed by atoms with Crippen molar-refractivity contribution in [3.8, 4) is 0 Å². The van der Waals surface area contributed by atoms with Gasteiger partial charge in [0, 0.05) is 18.1 Å². The number of nitrogens with zero attached hydrogens (tertiary/aromatic N) is 1. The number of hydrogen-bond donors (Lipinski definition) is 0. The second-order valence-corrected chi connectivity index (χ2v) is 3.34. The molecule has 0 saturated heterocycles. The van der Waals surface area contributed by atoms with E-state index in [2.05, 4.69) is 17.1 Å². The van der Waals surface area contributed by atoms with Crippen molar-refractivity contribution in [1.82, 2.24) is 10.7 Å². The second-order valence-electron chi connectivity index (χ2n) is 3.34. The van der Waals surface area contributed by atoms with Crippen LogP contribution < -0.4 is 5.73 Å². The molecule has 0 aliphatic carbocycles. The van der Waals surface area contributed by atoms with Gasteiger partial charge in [-0.15, -0.1) is 0 Å². The fourth-order valence-corrected chi connectivity index (χ4v) is 1.65. The molecule has 0 unspecified atom stereocenters. The molecule has 2 rings (SSSR count). The molecular formula is C12H13N2. The topological polar surface area (TPSA) is 36.7 Å². The maximum atomic E-state index is 7.14. The highest BCUT2D eigenvalue weighted by Crippen LogP contribution is 2.17. The SMILES string of the molecule is [NH]CCCc1ccnc2ccccc12. The van der Waals surface area contributed by atoms with Crippen LogP contribution in [0.4, 0.5) is 0 Å². The van der Waals surface area contributed by atoms with Gasteiger partial charge in [-0.1, -0.05) is 18.2 Å². The lowest BCUT2D eigenvalue weighted by Crippen LogP contribution is -1.92. The fourth-order valence-electron chi connectivity index (χ4n) is 1.65. The molecule has 1 aromatic heterocycles. The van der Waals surface area contributed by atoms with Gasteiger partial charge in [-0.05, 0) is 30.5 Å². The van der Waals surface area contributed by atoms with Crippen LogP contribution in [0.5, 0.6) is 0 Å². The van der Waals surface area contributed by atoms with Crippen molar-refractivity contribution in [2.24, 2.45) is 0 Å². The first-order chi connectivity index (χ1) is 6.92. The van der Waals surface area contributed by atoms with Crippen molar-refractivity contribution in [3.63, 3.8) is 0 Å². The van der Waals surface area contributed by atoms with E-state index in [1.54, 1.807) is 0 Å². The molecule has 14 heavy (non-hydrogen) atoms. The molecular weight excluding hydrogens is 172 g/mol. The molecule has 2 aromatic rings. The van der Waals surface area contributed by atoms with Gasteiger partial charge < -0.3 is 0 Å². The Bertz CT molecular complexity index is 418. The van der Waals surface area contributed by atoms with Gasteiger partial charge in [-0.25, -0.2) is 0 Å². The minimum atomic E-state index is 0.497. The normalized spacial score (nSPS) is 10.6. The van der Waals surface area contributed by atoms with E-state index in [4.69, 9.17) is 5.73 Å². The largest absolute Gasteiger partial charge is 0.258 e. The van der Waals surface area contributed by atoms with E-state index < -0.39 is 0 Å². The molecule has 0 fully saturated rings. The molecule has 0 spiro atoms. The molecule has 0 aliphatic rings. The summed E-state index contributed by atoms with van der Waals surface area (Å²) in [4.78, 5) is 4.30. The van der Waals surface area contributed by atoms with E-state index >= 15 is 0 Å². The number of hydrogen-bond acceptors (Lipinski definition) is 1. The van der Waals surface area contributed by atoms with Crippen LogP contribution >= 0.6 is 0 Å². The fraction of sp³-hybridized carbons (Fsp3) is 0.250. The summed E-state index contributed by atoms with van der Waals surface area (Å²) in [6, 6.07) is 10.2. The molecule has 1 radical (unpaired) electrons. The maximum absolute atomic E-state index is 7.14. The van der Waals surface area contributed by atoms with Crippen LogP contribution in [0.3, 0.4) is 0 Å². The summed E-state index contributed by atoms with van der Waals surface area (Å²) in [5.74, 6) is 0. The zero-order valence-electron chi connectivity index (χ0n) is 8.03. The average molecular weight is 185 g/mol. The predicted molar refractivity (Wildman–Crippen MR) is 58.0 cm³/mol. The number of benzene rings is 1. The van der Waals surface area contributed by atoms with Gasteiger partial charge in [-0.2, -0.15) is 0 Å². The van der Waals surface area contributed by atoms with Crippen LogP contribution in [0.1, 0.15) is 12.0 Å². The van der Waals surface area contributed by atoms with Gasteiger partial charge in [0.25, 0.3) is 0 Å². The van der Waals surface area contributed by atoms with Crippen molar-refractivity contribution in [3.05, 3.63) is 42.1 Å². The Hall–Kier alpha value is -1.41. The van der Waals surface area contributed by atoms with E-state index in [9.17, 15) is 0 Å². The minimum absolute atomic E-state index is 0.497. The Labute approximate surface area is 83.8 Å². The Morgan fingerprint density at radius 2 is 2.00 bits per heavy atom. The summed E-state index contributed by atoms with van der Waals surface area (Å²) in [6.07, 6.45) is 3.75. The monoisotopic (exact) mass is 185 g/mol. The molecule has 0 bridgehead atoms. The Morgan fingerprint density at radius 1 is 1.14 bits per heavy atom.